The molecule has 0 aromatic carbocycles. The maximum atomic E-state index is 4.54. The van der Waals surface area contributed by atoms with Crippen LogP contribution in [0.2, 0.25) is 0 Å². The van der Waals surface area contributed by atoms with Crippen LogP contribution in [-0.2, 0) is 6.42 Å². The van der Waals surface area contributed by atoms with Crippen LogP contribution in [0.1, 0.15) is 32.0 Å². The Kier molecular flexibility index (Phi) is 6.19. The van der Waals surface area contributed by atoms with Gasteiger partial charge in [-0.25, -0.2) is 0 Å². The van der Waals surface area contributed by atoms with Crippen LogP contribution in [-0.4, -0.2) is 30.1 Å². The predicted octanol–water partition coefficient (Wildman–Crippen LogP) is 1.90. The van der Waals surface area contributed by atoms with Gasteiger partial charge in [0.1, 0.15) is 0 Å². The summed E-state index contributed by atoms with van der Waals surface area (Å²) in [4.78, 5) is 8.82. The number of hydrogen-bond donors (Lipinski definition) is 2. The van der Waals surface area contributed by atoms with Gasteiger partial charge >= 0.3 is 0 Å². The molecule has 2 N–H and O–H groups in total. The quantitative estimate of drug-likeness (QED) is 0.618. The molecule has 1 aromatic rings. The van der Waals surface area contributed by atoms with Crippen molar-refractivity contribution >= 4 is 5.96 Å². The summed E-state index contributed by atoms with van der Waals surface area (Å²) in [5, 5.41) is 6.53. The number of aliphatic imine (C=N–C) groups is 1. The van der Waals surface area contributed by atoms with E-state index < -0.39 is 0 Å². The van der Waals surface area contributed by atoms with Crippen molar-refractivity contribution in [3.8, 4) is 0 Å². The van der Waals surface area contributed by atoms with Gasteiger partial charge in [0, 0.05) is 31.0 Å². The number of pyridine rings is 1. The lowest BCUT2D eigenvalue weighted by molar-refractivity contribution is 0.700. The summed E-state index contributed by atoms with van der Waals surface area (Å²) in [6.45, 7) is 9.93. The summed E-state index contributed by atoms with van der Waals surface area (Å²) in [6.07, 6.45) is 2.84. The maximum Gasteiger partial charge on any atom is 0.191 e. The van der Waals surface area contributed by atoms with Gasteiger partial charge in [-0.3, -0.25) is 9.98 Å². The van der Waals surface area contributed by atoms with Crippen LogP contribution >= 0.6 is 0 Å². The average Bonchev–Trinajstić information content (AvgIpc) is 2.31. The lowest BCUT2D eigenvalue weighted by atomic mass is 10.2. The molecule has 0 saturated heterocycles. The van der Waals surface area contributed by atoms with Crippen LogP contribution in [0.15, 0.2) is 23.3 Å². The Bertz CT molecular complexity index is 368. The molecule has 1 heterocycles. The molecule has 0 radical (unpaired) electrons. The molecule has 4 nitrogen and oxygen atoms in total. The van der Waals surface area contributed by atoms with Crippen LogP contribution in [0.4, 0.5) is 0 Å². The van der Waals surface area contributed by atoms with Gasteiger partial charge in [-0.05, 0) is 45.7 Å². The third-order valence-electron chi connectivity index (χ3n) is 2.41. The van der Waals surface area contributed by atoms with E-state index in [1.807, 2.05) is 19.2 Å². The van der Waals surface area contributed by atoms with Gasteiger partial charge in [-0.15, -0.1) is 0 Å². The lowest BCUT2D eigenvalue weighted by Gasteiger charge is -2.13. The van der Waals surface area contributed by atoms with E-state index >= 15 is 0 Å². The van der Waals surface area contributed by atoms with E-state index in [-0.39, 0.29) is 0 Å². The average molecular weight is 248 g/mol. The highest BCUT2D eigenvalue weighted by atomic mass is 15.2. The molecule has 18 heavy (non-hydrogen) atoms. The molecule has 1 aromatic heterocycles. The lowest BCUT2D eigenvalue weighted by Crippen LogP contribution is -2.41. The summed E-state index contributed by atoms with van der Waals surface area (Å²) < 4.78 is 0. The summed E-state index contributed by atoms with van der Waals surface area (Å²) in [6, 6.07) is 4.54. The molecule has 1 rings (SSSR count). The van der Waals surface area contributed by atoms with Gasteiger partial charge in [0.05, 0.1) is 0 Å². The molecule has 0 aliphatic carbocycles. The van der Waals surface area contributed by atoms with E-state index in [2.05, 4.69) is 47.4 Å². The Morgan fingerprint density at radius 3 is 2.72 bits per heavy atom. The van der Waals surface area contributed by atoms with Gasteiger partial charge in [0.2, 0.25) is 0 Å². The van der Waals surface area contributed by atoms with Crippen LogP contribution in [0.25, 0.3) is 0 Å². The molecule has 0 aliphatic heterocycles. The number of aromatic nitrogens is 1. The minimum absolute atomic E-state index is 0.392. The SMILES string of the molecule is CCNC(=NCCc1ccc(C)nc1)NC(C)C. The van der Waals surface area contributed by atoms with Crippen LogP contribution in [0.5, 0.6) is 0 Å². The van der Waals surface area contributed by atoms with E-state index in [0.29, 0.717) is 6.04 Å². The summed E-state index contributed by atoms with van der Waals surface area (Å²) in [7, 11) is 0. The van der Waals surface area contributed by atoms with Crippen molar-refractivity contribution in [3.63, 3.8) is 0 Å². The van der Waals surface area contributed by atoms with Crippen LogP contribution in [0, 0.1) is 6.92 Å². The molecule has 0 amide bonds. The van der Waals surface area contributed by atoms with E-state index in [9.17, 15) is 0 Å². The second-order valence-corrected chi connectivity index (χ2v) is 4.62. The molecule has 0 unspecified atom stereocenters. The van der Waals surface area contributed by atoms with Crippen molar-refractivity contribution in [1.29, 1.82) is 0 Å². The van der Waals surface area contributed by atoms with Crippen LogP contribution < -0.4 is 10.6 Å². The zero-order valence-electron chi connectivity index (χ0n) is 11.8. The smallest absolute Gasteiger partial charge is 0.191 e. The number of hydrogen-bond acceptors (Lipinski definition) is 2. The van der Waals surface area contributed by atoms with Crippen molar-refractivity contribution in [2.45, 2.75) is 40.2 Å². The highest BCUT2D eigenvalue weighted by Gasteiger charge is 1.99. The number of guanidine groups is 1. The monoisotopic (exact) mass is 248 g/mol. The molecule has 0 fully saturated rings. The fraction of sp³-hybridized carbons (Fsp3) is 0.571. The Balaban J connectivity index is 2.47. The topological polar surface area (TPSA) is 49.3 Å². The van der Waals surface area contributed by atoms with Gasteiger partial charge in [-0.2, -0.15) is 0 Å². The van der Waals surface area contributed by atoms with Crippen LogP contribution in [0.3, 0.4) is 0 Å². The third kappa shape index (κ3) is 5.66. The van der Waals surface area contributed by atoms with E-state index in [1.165, 1.54) is 5.56 Å². The van der Waals surface area contributed by atoms with E-state index in [0.717, 1.165) is 31.2 Å². The predicted molar refractivity (Wildman–Crippen MR) is 76.9 cm³/mol. The number of aryl methyl sites for hydroxylation is 1. The second kappa shape index (κ2) is 7.69. The highest BCUT2D eigenvalue weighted by Crippen LogP contribution is 2.00. The minimum Gasteiger partial charge on any atom is -0.357 e. The first-order chi connectivity index (χ1) is 8.61. The molecule has 0 bridgehead atoms. The normalized spacial score (nSPS) is 11.7. The Morgan fingerprint density at radius 1 is 1.39 bits per heavy atom. The fourth-order valence-corrected chi connectivity index (χ4v) is 1.54. The van der Waals surface area contributed by atoms with E-state index in [4.69, 9.17) is 0 Å². The van der Waals surface area contributed by atoms with Gasteiger partial charge in [0.15, 0.2) is 5.96 Å². The summed E-state index contributed by atoms with van der Waals surface area (Å²) >= 11 is 0. The zero-order chi connectivity index (χ0) is 13.4. The Morgan fingerprint density at radius 2 is 2.17 bits per heavy atom. The number of nitrogens with one attached hydrogen (secondary N) is 2. The first kappa shape index (κ1) is 14.5. The largest absolute Gasteiger partial charge is 0.357 e. The second-order valence-electron chi connectivity index (χ2n) is 4.62. The van der Waals surface area contributed by atoms with E-state index in [1.54, 1.807) is 0 Å². The minimum atomic E-state index is 0.392. The van der Waals surface area contributed by atoms with Gasteiger partial charge in [-0.1, -0.05) is 6.07 Å². The van der Waals surface area contributed by atoms with Gasteiger partial charge < -0.3 is 10.6 Å². The first-order valence-electron chi connectivity index (χ1n) is 6.58. The van der Waals surface area contributed by atoms with Crippen molar-refractivity contribution in [1.82, 2.24) is 15.6 Å². The third-order valence-corrected chi connectivity index (χ3v) is 2.41. The first-order valence-corrected chi connectivity index (χ1v) is 6.58. The number of rotatable bonds is 5. The Hall–Kier alpha value is -1.58. The Labute approximate surface area is 110 Å². The molecule has 100 valence electrons. The van der Waals surface area contributed by atoms with Gasteiger partial charge in [0.25, 0.3) is 0 Å². The summed E-state index contributed by atoms with van der Waals surface area (Å²) in [5.41, 5.74) is 2.28. The standard InChI is InChI=1S/C14H24N4/c1-5-15-14(18-11(2)3)16-9-8-13-7-6-12(4)17-10-13/h6-7,10-11H,5,8-9H2,1-4H3,(H2,15,16,18). The molecule has 0 atom stereocenters. The molecule has 0 aliphatic rings. The molecule has 0 saturated carbocycles. The number of nitrogens with zero attached hydrogens (tertiary/aromatic N) is 2. The highest BCUT2D eigenvalue weighted by molar-refractivity contribution is 5.79. The molecule has 4 heteroatoms. The molecular weight excluding hydrogens is 224 g/mol. The zero-order valence-corrected chi connectivity index (χ0v) is 11.8. The van der Waals surface area contributed by atoms with Crippen molar-refractivity contribution in [2.24, 2.45) is 4.99 Å². The van der Waals surface area contributed by atoms with Crippen molar-refractivity contribution in [2.75, 3.05) is 13.1 Å². The van der Waals surface area contributed by atoms with Crippen molar-refractivity contribution < 1.29 is 0 Å². The summed E-state index contributed by atoms with van der Waals surface area (Å²) in [5.74, 6) is 0.882. The molecular formula is C14H24N4. The molecule has 0 spiro atoms. The maximum absolute atomic E-state index is 4.54. The fourth-order valence-electron chi connectivity index (χ4n) is 1.54. The van der Waals surface area contributed by atoms with Crippen molar-refractivity contribution in [3.05, 3.63) is 29.6 Å².